The lowest BCUT2D eigenvalue weighted by atomic mass is 9.90. The zero-order valence-electron chi connectivity index (χ0n) is 9.88. The van der Waals surface area contributed by atoms with Crippen molar-refractivity contribution in [2.45, 2.75) is 25.7 Å². The van der Waals surface area contributed by atoms with Crippen LogP contribution in [0, 0.1) is 6.92 Å². The summed E-state index contributed by atoms with van der Waals surface area (Å²) in [7, 11) is 0. The van der Waals surface area contributed by atoms with Crippen molar-refractivity contribution in [1.82, 2.24) is 5.32 Å². The molecular formula is C13H16ClNO2. The molecule has 1 saturated heterocycles. The number of benzene rings is 1. The highest BCUT2D eigenvalue weighted by molar-refractivity contribution is 6.32. The lowest BCUT2D eigenvalue weighted by Gasteiger charge is -2.24. The number of hydrogen-bond acceptors (Lipinski definition) is 3. The Morgan fingerprint density at radius 3 is 3.06 bits per heavy atom. The normalized spacial score (nSPS) is 22.8. The number of rotatable bonds is 1. The van der Waals surface area contributed by atoms with E-state index < -0.39 is 0 Å². The zero-order chi connectivity index (χ0) is 11.8. The molecule has 0 bridgehead atoms. The number of fused-ring (bicyclic) bond motifs is 1. The Morgan fingerprint density at radius 1 is 1.41 bits per heavy atom. The summed E-state index contributed by atoms with van der Waals surface area (Å²) in [5.74, 6) is 2.14. The van der Waals surface area contributed by atoms with Crippen LogP contribution >= 0.6 is 11.6 Å². The zero-order valence-corrected chi connectivity index (χ0v) is 10.6. The number of nitrogens with one attached hydrogen (secondary N) is 1. The highest BCUT2D eigenvalue weighted by atomic mass is 35.5. The van der Waals surface area contributed by atoms with E-state index in [9.17, 15) is 0 Å². The van der Waals surface area contributed by atoms with Crippen molar-refractivity contribution < 1.29 is 9.47 Å². The molecule has 3 nitrogen and oxygen atoms in total. The van der Waals surface area contributed by atoms with E-state index in [1.54, 1.807) is 0 Å². The van der Waals surface area contributed by atoms with Gasteiger partial charge < -0.3 is 14.8 Å². The monoisotopic (exact) mass is 253 g/mol. The van der Waals surface area contributed by atoms with Gasteiger partial charge in [-0.2, -0.15) is 0 Å². The maximum Gasteiger partial charge on any atom is 0.231 e. The van der Waals surface area contributed by atoms with Gasteiger partial charge in [-0.1, -0.05) is 11.6 Å². The van der Waals surface area contributed by atoms with Gasteiger partial charge in [0.25, 0.3) is 0 Å². The van der Waals surface area contributed by atoms with E-state index in [4.69, 9.17) is 21.1 Å². The van der Waals surface area contributed by atoms with Gasteiger partial charge in [-0.15, -0.1) is 0 Å². The molecule has 3 rings (SSSR count). The molecular weight excluding hydrogens is 238 g/mol. The average Bonchev–Trinajstić information content (AvgIpc) is 2.83. The van der Waals surface area contributed by atoms with E-state index >= 15 is 0 Å². The summed E-state index contributed by atoms with van der Waals surface area (Å²) in [5.41, 5.74) is 2.20. The van der Waals surface area contributed by atoms with E-state index in [0.29, 0.717) is 12.7 Å². The molecule has 0 radical (unpaired) electrons. The summed E-state index contributed by atoms with van der Waals surface area (Å²) >= 11 is 6.45. The lowest BCUT2D eigenvalue weighted by Crippen LogP contribution is -2.28. The number of piperidine rings is 1. The number of hydrogen-bond donors (Lipinski definition) is 1. The minimum Gasteiger partial charge on any atom is -0.454 e. The SMILES string of the molecule is Cc1c(Cl)c(C2CCCNC2)cc2c1OCO2. The van der Waals surface area contributed by atoms with Crippen LogP contribution in [0.25, 0.3) is 0 Å². The molecule has 92 valence electrons. The standard InChI is InChI=1S/C13H16ClNO2/c1-8-12(14)10(9-3-2-4-15-6-9)5-11-13(8)17-7-16-11/h5,9,15H,2-4,6-7H2,1H3. The molecule has 1 fully saturated rings. The van der Waals surface area contributed by atoms with Crippen molar-refractivity contribution in [3.8, 4) is 11.5 Å². The van der Waals surface area contributed by atoms with E-state index in [0.717, 1.165) is 35.2 Å². The van der Waals surface area contributed by atoms with E-state index in [2.05, 4.69) is 11.4 Å². The van der Waals surface area contributed by atoms with Gasteiger partial charge in [0.05, 0.1) is 5.02 Å². The Kier molecular flexibility index (Phi) is 2.89. The van der Waals surface area contributed by atoms with Crippen LogP contribution in [0.4, 0.5) is 0 Å². The molecule has 0 aromatic heterocycles. The Hall–Kier alpha value is -0.930. The number of ether oxygens (including phenoxy) is 2. The van der Waals surface area contributed by atoms with Gasteiger partial charge in [0.2, 0.25) is 6.79 Å². The molecule has 1 aromatic rings. The van der Waals surface area contributed by atoms with Crippen LogP contribution in [0.5, 0.6) is 11.5 Å². The molecule has 4 heteroatoms. The van der Waals surface area contributed by atoms with Crippen molar-refractivity contribution in [3.05, 3.63) is 22.2 Å². The third-order valence-electron chi connectivity index (χ3n) is 3.59. The lowest BCUT2D eigenvalue weighted by molar-refractivity contribution is 0.173. The first-order chi connectivity index (χ1) is 8.27. The van der Waals surface area contributed by atoms with E-state index in [1.807, 2.05) is 6.92 Å². The number of halogens is 1. The molecule has 2 aliphatic rings. The predicted molar refractivity (Wildman–Crippen MR) is 67.2 cm³/mol. The minimum absolute atomic E-state index is 0.304. The van der Waals surface area contributed by atoms with Crippen LogP contribution in [0.15, 0.2) is 6.07 Å². The maximum atomic E-state index is 6.45. The third-order valence-corrected chi connectivity index (χ3v) is 4.09. The predicted octanol–water partition coefficient (Wildman–Crippen LogP) is 2.84. The van der Waals surface area contributed by atoms with Crippen LogP contribution in [-0.2, 0) is 0 Å². The molecule has 0 amide bonds. The molecule has 0 saturated carbocycles. The first-order valence-electron chi connectivity index (χ1n) is 6.06. The second-order valence-corrected chi connectivity index (χ2v) is 5.06. The molecule has 0 aliphatic carbocycles. The summed E-state index contributed by atoms with van der Waals surface area (Å²) < 4.78 is 10.9. The summed E-state index contributed by atoms with van der Waals surface area (Å²) in [6.07, 6.45) is 2.39. The van der Waals surface area contributed by atoms with Gasteiger partial charge in [-0.3, -0.25) is 0 Å². The third kappa shape index (κ3) is 1.87. The average molecular weight is 254 g/mol. The minimum atomic E-state index is 0.304. The second-order valence-electron chi connectivity index (χ2n) is 4.68. The van der Waals surface area contributed by atoms with Crippen LogP contribution in [0.2, 0.25) is 5.02 Å². The van der Waals surface area contributed by atoms with E-state index in [1.165, 1.54) is 18.4 Å². The van der Waals surface area contributed by atoms with Crippen molar-refractivity contribution in [1.29, 1.82) is 0 Å². The fourth-order valence-corrected chi connectivity index (χ4v) is 2.92. The summed E-state index contributed by atoms with van der Waals surface area (Å²) in [5, 5.41) is 4.25. The fraction of sp³-hybridized carbons (Fsp3) is 0.538. The Bertz CT molecular complexity index is 442. The molecule has 0 spiro atoms. The molecule has 1 N–H and O–H groups in total. The maximum absolute atomic E-state index is 6.45. The topological polar surface area (TPSA) is 30.5 Å². The van der Waals surface area contributed by atoms with Gasteiger partial charge in [-0.05, 0) is 43.9 Å². The van der Waals surface area contributed by atoms with Crippen LogP contribution in [0.3, 0.4) is 0 Å². The largest absolute Gasteiger partial charge is 0.454 e. The van der Waals surface area contributed by atoms with Crippen molar-refractivity contribution in [2.24, 2.45) is 0 Å². The van der Waals surface area contributed by atoms with Gasteiger partial charge in [0, 0.05) is 12.1 Å². The van der Waals surface area contributed by atoms with Crippen molar-refractivity contribution in [2.75, 3.05) is 19.9 Å². The molecule has 1 atom stereocenters. The van der Waals surface area contributed by atoms with Crippen molar-refractivity contribution >= 4 is 11.6 Å². The van der Waals surface area contributed by atoms with Gasteiger partial charge in [0.1, 0.15) is 0 Å². The first kappa shape index (κ1) is 11.2. The van der Waals surface area contributed by atoms with Gasteiger partial charge in [0.15, 0.2) is 11.5 Å². The summed E-state index contributed by atoms with van der Waals surface area (Å²) in [4.78, 5) is 0. The van der Waals surface area contributed by atoms with Crippen LogP contribution in [-0.4, -0.2) is 19.9 Å². The smallest absolute Gasteiger partial charge is 0.231 e. The Balaban J connectivity index is 2.01. The van der Waals surface area contributed by atoms with Gasteiger partial charge in [-0.25, -0.2) is 0 Å². The molecule has 2 heterocycles. The highest BCUT2D eigenvalue weighted by Crippen LogP contribution is 2.44. The highest BCUT2D eigenvalue weighted by Gasteiger charge is 2.25. The van der Waals surface area contributed by atoms with E-state index in [-0.39, 0.29) is 0 Å². The fourth-order valence-electron chi connectivity index (χ4n) is 2.62. The first-order valence-corrected chi connectivity index (χ1v) is 6.44. The Labute approximate surface area is 106 Å². The van der Waals surface area contributed by atoms with Crippen LogP contribution < -0.4 is 14.8 Å². The van der Waals surface area contributed by atoms with Crippen molar-refractivity contribution in [3.63, 3.8) is 0 Å². The second kappa shape index (κ2) is 4.39. The molecule has 1 aromatic carbocycles. The molecule has 17 heavy (non-hydrogen) atoms. The summed E-state index contributed by atoms with van der Waals surface area (Å²) in [6.45, 7) is 4.41. The molecule has 1 unspecified atom stereocenters. The quantitative estimate of drug-likeness (QED) is 0.835. The van der Waals surface area contributed by atoms with Gasteiger partial charge >= 0.3 is 0 Å². The molecule has 2 aliphatic heterocycles. The summed E-state index contributed by atoms with van der Waals surface area (Å²) in [6, 6.07) is 2.05. The Morgan fingerprint density at radius 2 is 2.29 bits per heavy atom. The van der Waals surface area contributed by atoms with Crippen LogP contribution in [0.1, 0.15) is 29.9 Å².